The number of hydrogen-bond donors (Lipinski definition) is 1. The van der Waals surface area contributed by atoms with Gasteiger partial charge in [0.05, 0.1) is 10.0 Å². The Bertz CT molecular complexity index is 514. The lowest BCUT2D eigenvalue weighted by Gasteiger charge is -2.10. The molecule has 0 fully saturated rings. The molecule has 0 aromatic heterocycles. The Hall–Kier alpha value is 0.480. The molecule has 0 saturated carbocycles. The van der Waals surface area contributed by atoms with E-state index in [9.17, 15) is 8.42 Å². The zero-order chi connectivity index (χ0) is 14.5. The van der Waals surface area contributed by atoms with Crippen LogP contribution in [0.3, 0.4) is 0 Å². The van der Waals surface area contributed by atoms with Crippen molar-refractivity contribution in [3.8, 4) is 0 Å². The van der Waals surface area contributed by atoms with Gasteiger partial charge in [-0.2, -0.15) is 0 Å². The maximum absolute atomic E-state index is 12.1. The van der Waals surface area contributed by atoms with Crippen LogP contribution >= 0.6 is 50.7 Å². The van der Waals surface area contributed by atoms with Crippen molar-refractivity contribution in [2.75, 3.05) is 12.4 Å². The highest BCUT2D eigenvalue weighted by atomic mass is 79.9. The van der Waals surface area contributed by atoms with Gasteiger partial charge >= 0.3 is 0 Å². The third kappa shape index (κ3) is 5.40. The summed E-state index contributed by atoms with van der Waals surface area (Å²) in [5.41, 5.74) is 0. The molecule has 0 saturated heterocycles. The maximum atomic E-state index is 12.1. The number of benzene rings is 1. The summed E-state index contributed by atoms with van der Waals surface area (Å²) in [5.74, 6) is 0.580. The second-order valence-corrected chi connectivity index (χ2v) is 7.66. The van der Waals surface area contributed by atoms with Crippen molar-refractivity contribution in [3.63, 3.8) is 0 Å². The largest absolute Gasteiger partial charge is 0.243 e. The van der Waals surface area contributed by atoms with Crippen LogP contribution in [0, 0.1) is 0 Å². The van der Waals surface area contributed by atoms with Crippen LogP contribution in [0.5, 0.6) is 0 Å². The SMILES string of the molecule is O=S(=O)(NCCCCCCl)c1c(Cl)cc(Br)cc1Cl. The zero-order valence-electron chi connectivity index (χ0n) is 9.93. The maximum Gasteiger partial charge on any atom is 0.243 e. The molecule has 19 heavy (non-hydrogen) atoms. The lowest BCUT2D eigenvalue weighted by Crippen LogP contribution is -2.25. The summed E-state index contributed by atoms with van der Waals surface area (Å²) in [5, 5.41) is 0.181. The van der Waals surface area contributed by atoms with Crippen molar-refractivity contribution in [2.24, 2.45) is 0 Å². The predicted octanol–water partition coefficient (Wildman–Crippen LogP) is 4.44. The number of alkyl halides is 1. The van der Waals surface area contributed by atoms with Crippen LogP contribution < -0.4 is 4.72 Å². The fourth-order valence-corrected chi connectivity index (χ4v) is 4.66. The summed E-state index contributed by atoms with van der Waals surface area (Å²) in [6, 6.07) is 2.99. The molecular formula is C11H13BrCl3NO2S. The lowest BCUT2D eigenvalue weighted by molar-refractivity contribution is 0.576. The topological polar surface area (TPSA) is 46.2 Å². The summed E-state index contributed by atoms with van der Waals surface area (Å²) in [4.78, 5) is -0.0867. The Morgan fingerprint density at radius 3 is 2.21 bits per heavy atom. The van der Waals surface area contributed by atoms with Crippen molar-refractivity contribution in [3.05, 3.63) is 26.7 Å². The summed E-state index contributed by atoms with van der Waals surface area (Å²) in [7, 11) is -3.69. The van der Waals surface area contributed by atoms with E-state index in [0.29, 0.717) is 16.9 Å². The third-order valence-electron chi connectivity index (χ3n) is 2.33. The van der Waals surface area contributed by atoms with Gasteiger partial charge in [0.1, 0.15) is 4.90 Å². The molecule has 3 nitrogen and oxygen atoms in total. The number of hydrogen-bond acceptors (Lipinski definition) is 2. The highest BCUT2D eigenvalue weighted by molar-refractivity contribution is 9.10. The van der Waals surface area contributed by atoms with Gasteiger partial charge in [0.15, 0.2) is 0 Å². The molecule has 0 unspecified atom stereocenters. The molecule has 0 heterocycles. The first-order chi connectivity index (χ1) is 8.88. The summed E-state index contributed by atoms with van der Waals surface area (Å²) in [6.07, 6.45) is 2.45. The van der Waals surface area contributed by atoms with Gasteiger partial charge in [-0.3, -0.25) is 0 Å². The Balaban J connectivity index is 2.78. The summed E-state index contributed by atoms with van der Waals surface area (Å²) < 4.78 is 27.3. The Morgan fingerprint density at radius 2 is 1.68 bits per heavy atom. The van der Waals surface area contributed by atoms with E-state index < -0.39 is 10.0 Å². The number of unbranched alkanes of at least 4 members (excludes halogenated alkanes) is 2. The van der Waals surface area contributed by atoms with Gasteiger partial charge in [-0.1, -0.05) is 45.6 Å². The van der Waals surface area contributed by atoms with E-state index in [-0.39, 0.29) is 14.9 Å². The normalized spacial score (nSPS) is 11.8. The molecule has 1 aromatic rings. The zero-order valence-corrected chi connectivity index (χ0v) is 14.6. The Labute approximate surface area is 136 Å². The minimum atomic E-state index is -3.69. The molecule has 0 radical (unpaired) electrons. The molecule has 108 valence electrons. The summed E-state index contributed by atoms with van der Waals surface area (Å²) >= 11 is 20.6. The van der Waals surface area contributed by atoms with E-state index in [1.165, 1.54) is 12.1 Å². The first-order valence-corrected chi connectivity index (χ1v) is 9.15. The fourth-order valence-electron chi connectivity index (χ4n) is 1.46. The van der Waals surface area contributed by atoms with E-state index >= 15 is 0 Å². The van der Waals surface area contributed by atoms with Crippen LogP contribution in [0.25, 0.3) is 0 Å². The third-order valence-corrected chi connectivity index (χ3v) is 5.44. The molecular weight excluding hydrogens is 396 g/mol. The fraction of sp³-hybridized carbons (Fsp3) is 0.455. The molecule has 8 heteroatoms. The molecule has 0 aliphatic heterocycles. The van der Waals surface area contributed by atoms with Crippen LogP contribution in [0.15, 0.2) is 21.5 Å². The van der Waals surface area contributed by atoms with E-state index in [0.717, 1.165) is 19.3 Å². The van der Waals surface area contributed by atoms with Crippen LogP contribution in [-0.2, 0) is 10.0 Å². The molecule has 0 amide bonds. The number of sulfonamides is 1. The minimum absolute atomic E-state index is 0.0867. The van der Waals surface area contributed by atoms with Crippen molar-refractivity contribution >= 4 is 60.8 Å². The second-order valence-electron chi connectivity index (χ2n) is 3.85. The molecule has 1 rings (SSSR count). The van der Waals surface area contributed by atoms with E-state index in [2.05, 4.69) is 20.7 Å². The van der Waals surface area contributed by atoms with Gasteiger partial charge < -0.3 is 0 Å². The van der Waals surface area contributed by atoms with Gasteiger partial charge in [-0.15, -0.1) is 11.6 Å². The van der Waals surface area contributed by atoms with E-state index in [1.54, 1.807) is 0 Å². The van der Waals surface area contributed by atoms with Crippen molar-refractivity contribution in [1.82, 2.24) is 4.72 Å². The monoisotopic (exact) mass is 407 g/mol. The molecule has 1 N–H and O–H groups in total. The summed E-state index contributed by atoms with van der Waals surface area (Å²) in [6.45, 7) is 0.335. The first-order valence-electron chi connectivity index (χ1n) is 5.58. The van der Waals surface area contributed by atoms with Crippen LogP contribution in [0.1, 0.15) is 19.3 Å². The first kappa shape index (κ1) is 17.5. The predicted molar refractivity (Wildman–Crippen MR) is 83.9 cm³/mol. The molecule has 0 aliphatic carbocycles. The van der Waals surface area contributed by atoms with Gasteiger partial charge in [0, 0.05) is 16.9 Å². The van der Waals surface area contributed by atoms with Crippen LogP contribution in [0.4, 0.5) is 0 Å². The van der Waals surface area contributed by atoms with Gasteiger partial charge in [-0.05, 0) is 25.0 Å². The molecule has 0 bridgehead atoms. The van der Waals surface area contributed by atoms with Crippen LogP contribution in [0.2, 0.25) is 10.0 Å². The number of halogens is 4. The van der Waals surface area contributed by atoms with Crippen molar-refractivity contribution < 1.29 is 8.42 Å². The average molecular weight is 410 g/mol. The van der Waals surface area contributed by atoms with Crippen molar-refractivity contribution in [1.29, 1.82) is 0 Å². The number of rotatable bonds is 7. The molecule has 0 atom stereocenters. The molecule has 1 aromatic carbocycles. The highest BCUT2D eigenvalue weighted by Gasteiger charge is 2.21. The van der Waals surface area contributed by atoms with Gasteiger partial charge in [0.25, 0.3) is 0 Å². The second kappa shape index (κ2) is 8.05. The highest BCUT2D eigenvalue weighted by Crippen LogP contribution is 2.32. The smallest absolute Gasteiger partial charge is 0.211 e. The van der Waals surface area contributed by atoms with Gasteiger partial charge in [0.2, 0.25) is 10.0 Å². The van der Waals surface area contributed by atoms with Crippen LogP contribution in [-0.4, -0.2) is 20.8 Å². The lowest BCUT2D eigenvalue weighted by atomic mass is 10.2. The quantitative estimate of drug-likeness (QED) is 0.534. The average Bonchev–Trinajstić information content (AvgIpc) is 2.26. The van der Waals surface area contributed by atoms with Crippen molar-refractivity contribution in [2.45, 2.75) is 24.2 Å². The molecule has 0 aliphatic rings. The standard InChI is InChI=1S/C11H13BrCl3NO2S/c12-8-6-9(14)11(10(15)7-8)19(17,18)16-5-3-1-2-4-13/h6-7,16H,1-5H2. The minimum Gasteiger partial charge on any atom is -0.211 e. The van der Waals surface area contributed by atoms with Gasteiger partial charge in [-0.25, -0.2) is 13.1 Å². The molecule has 0 spiro atoms. The number of nitrogens with one attached hydrogen (secondary N) is 1. The van der Waals surface area contributed by atoms with E-state index in [1.807, 2.05) is 0 Å². The van der Waals surface area contributed by atoms with E-state index in [4.69, 9.17) is 34.8 Å². The Morgan fingerprint density at radius 1 is 1.11 bits per heavy atom. The Kier molecular flexibility index (Phi) is 7.43.